The molecule has 30 heavy (non-hydrogen) atoms. The minimum atomic E-state index is -3.54. The van der Waals surface area contributed by atoms with Crippen LogP contribution in [0.5, 0.6) is 0 Å². The summed E-state index contributed by atoms with van der Waals surface area (Å²) in [5.41, 5.74) is 3.89. The van der Waals surface area contributed by atoms with Crippen LogP contribution in [0.3, 0.4) is 0 Å². The number of aryl methyl sites for hydroxylation is 1. The number of nitrogens with one attached hydrogen (secondary N) is 1. The van der Waals surface area contributed by atoms with Crippen molar-refractivity contribution < 1.29 is 8.42 Å². The molecule has 3 aromatic rings. The highest BCUT2D eigenvalue weighted by molar-refractivity contribution is 7.92. The average Bonchev–Trinajstić information content (AvgIpc) is 3.48. The van der Waals surface area contributed by atoms with Crippen LogP contribution >= 0.6 is 11.3 Å². The Bertz CT molecular complexity index is 1170. The van der Waals surface area contributed by atoms with Crippen LogP contribution in [0.1, 0.15) is 36.1 Å². The number of rotatable bonds is 5. The first-order valence-corrected chi connectivity index (χ1v) is 12.7. The van der Waals surface area contributed by atoms with Crippen LogP contribution in [-0.4, -0.2) is 26.0 Å². The van der Waals surface area contributed by atoms with E-state index >= 15 is 0 Å². The van der Waals surface area contributed by atoms with Gasteiger partial charge in [-0.2, -0.15) is 0 Å². The van der Waals surface area contributed by atoms with Gasteiger partial charge in [-0.3, -0.25) is 4.31 Å². The van der Waals surface area contributed by atoms with E-state index in [1.54, 1.807) is 35.6 Å². The van der Waals surface area contributed by atoms with Crippen molar-refractivity contribution in [2.24, 2.45) is 0 Å². The lowest BCUT2D eigenvalue weighted by Crippen LogP contribution is -2.29. The molecule has 5 rings (SSSR count). The molecule has 0 saturated heterocycles. The van der Waals surface area contributed by atoms with Crippen LogP contribution in [0.2, 0.25) is 0 Å². The Kier molecular flexibility index (Phi) is 5.03. The lowest BCUT2D eigenvalue weighted by atomic mass is 10.1. The van der Waals surface area contributed by atoms with Gasteiger partial charge in [0.25, 0.3) is 10.0 Å². The van der Waals surface area contributed by atoms with E-state index in [9.17, 15) is 8.42 Å². The molecule has 1 saturated carbocycles. The predicted octanol–water partition coefficient (Wildman–Crippen LogP) is 5.22. The number of thiazole rings is 1. The summed E-state index contributed by atoms with van der Waals surface area (Å²) in [6.07, 6.45) is 5.74. The van der Waals surface area contributed by atoms with E-state index in [0.717, 1.165) is 27.6 Å². The van der Waals surface area contributed by atoms with Crippen LogP contribution in [-0.2, 0) is 16.4 Å². The topological polar surface area (TPSA) is 62.3 Å². The van der Waals surface area contributed by atoms with Crippen molar-refractivity contribution in [3.63, 3.8) is 0 Å². The highest BCUT2D eigenvalue weighted by atomic mass is 32.2. The molecule has 0 amide bonds. The molecule has 1 fully saturated rings. The smallest absolute Gasteiger partial charge is 0.264 e. The van der Waals surface area contributed by atoms with Crippen LogP contribution in [0.15, 0.2) is 53.4 Å². The summed E-state index contributed by atoms with van der Waals surface area (Å²) in [7, 11) is -3.54. The molecule has 156 valence electrons. The Balaban J connectivity index is 1.43. The number of anilines is 2. The lowest BCUT2D eigenvalue weighted by molar-refractivity contribution is 0.592. The summed E-state index contributed by atoms with van der Waals surface area (Å²) >= 11 is 1.70. The summed E-state index contributed by atoms with van der Waals surface area (Å²) in [5.74, 6) is 0. The molecule has 1 N–H and O–H groups in total. The fraction of sp³-hybridized carbons (Fsp3) is 0.348. The molecule has 5 nitrogen and oxygen atoms in total. The average molecular weight is 440 g/mol. The highest BCUT2D eigenvalue weighted by Gasteiger charge is 2.31. The van der Waals surface area contributed by atoms with Gasteiger partial charge in [-0.1, -0.05) is 37.1 Å². The van der Waals surface area contributed by atoms with Gasteiger partial charge in [0.2, 0.25) is 0 Å². The third-order valence-electron chi connectivity index (χ3n) is 6.02. The molecule has 2 heterocycles. The molecular weight excluding hydrogens is 414 g/mol. The summed E-state index contributed by atoms with van der Waals surface area (Å²) in [4.78, 5) is 6.38. The van der Waals surface area contributed by atoms with Gasteiger partial charge >= 0.3 is 0 Å². The molecule has 1 aromatic heterocycles. The predicted molar refractivity (Wildman–Crippen MR) is 123 cm³/mol. The minimum absolute atomic E-state index is 0.333. The van der Waals surface area contributed by atoms with Crippen molar-refractivity contribution in [2.75, 3.05) is 16.2 Å². The number of sulfonamides is 1. The molecule has 7 heteroatoms. The van der Waals surface area contributed by atoms with Gasteiger partial charge in [-0.05, 0) is 56.0 Å². The molecule has 1 aliphatic heterocycles. The van der Waals surface area contributed by atoms with Gasteiger partial charge in [-0.15, -0.1) is 11.3 Å². The standard InChI is InChI=1S/C23H25N3O2S2/c1-16-22(25-23(29-16)24-19-7-5-6-8-19)18-11-12-21-17(15-18)13-14-26(21)30(27,28)20-9-3-2-4-10-20/h2-4,9-12,15,19H,5-8,13-14H2,1H3,(H,24,25). The zero-order chi connectivity index (χ0) is 20.7. The van der Waals surface area contributed by atoms with E-state index in [2.05, 4.69) is 18.3 Å². The highest BCUT2D eigenvalue weighted by Crippen LogP contribution is 2.38. The van der Waals surface area contributed by atoms with Crippen molar-refractivity contribution >= 4 is 32.2 Å². The van der Waals surface area contributed by atoms with Gasteiger partial charge in [-0.25, -0.2) is 13.4 Å². The maximum Gasteiger partial charge on any atom is 0.264 e. The monoisotopic (exact) mass is 439 g/mol. The molecule has 2 aliphatic rings. The number of nitrogens with zero attached hydrogens (tertiary/aromatic N) is 2. The third kappa shape index (κ3) is 3.50. The Morgan fingerprint density at radius 1 is 1.10 bits per heavy atom. The van der Waals surface area contributed by atoms with Crippen molar-refractivity contribution in [1.82, 2.24) is 4.98 Å². The summed E-state index contributed by atoms with van der Waals surface area (Å²) in [6, 6.07) is 15.2. The van der Waals surface area contributed by atoms with Crippen LogP contribution in [0.25, 0.3) is 11.3 Å². The van der Waals surface area contributed by atoms with E-state index in [-0.39, 0.29) is 0 Å². The molecular formula is C23H25N3O2S2. The lowest BCUT2D eigenvalue weighted by Gasteiger charge is -2.19. The largest absolute Gasteiger partial charge is 0.359 e. The molecule has 0 radical (unpaired) electrons. The number of hydrogen-bond acceptors (Lipinski definition) is 5. The SMILES string of the molecule is Cc1sc(NC2CCCC2)nc1-c1ccc2c(c1)CCN2S(=O)(=O)c1ccccc1. The second-order valence-corrected chi connectivity index (χ2v) is 11.1. The fourth-order valence-electron chi connectivity index (χ4n) is 4.46. The molecule has 1 aliphatic carbocycles. The number of aromatic nitrogens is 1. The second kappa shape index (κ2) is 7.71. The van der Waals surface area contributed by atoms with Crippen LogP contribution < -0.4 is 9.62 Å². The number of benzene rings is 2. The molecule has 0 unspecified atom stereocenters. The van der Waals surface area contributed by atoms with E-state index in [1.165, 1.54) is 34.9 Å². The van der Waals surface area contributed by atoms with E-state index in [0.29, 0.717) is 23.9 Å². The van der Waals surface area contributed by atoms with E-state index < -0.39 is 10.0 Å². The van der Waals surface area contributed by atoms with E-state index in [4.69, 9.17) is 4.98 Å². The zero-order valence-electron chi connectivity index (χ0n) is 17.0. The first kappa shape index (κ1) is 19.6. The quantitative estimate of drug-likeness (QED) is 0.592. The maximum atomic E-state index is 13.1. The zero-order valence-corrected chi connectivity index (χ0v) is 18.6. The normalized spacial score (nSPS) is 16.8. The Labute approximate surface area is 181 Å². The Hall–Kier alpha value is -2.38. The van der Waals surface area contributed by atoms with Gasteiger partial charge in [0.05, 0.1) is 16.3 Å². The summed E-state index contributed by atoms with van der Waals surface area (Å²) in [6.45, 7) is 2.58. The van der Waals surface area contributed by atoms with Crippen molar-refractivity contribution in [2.45, 2.75) is 50.0 Å². The van der Waals surface area contributed by atoms with Gasteiger partial charge in [0.1, 0.15) is 0 Å². The van der Waals surface area contributed by atoms with Crippen LogP contribution in [0.4, 0.5) is 10.8 Å². The van der Waals surface area contributed by atoms with E-state index in [1.807, 2.05) is 18.2 Å². The van der Waals surface area contributed by atoms with Crippen molar-refractivity contribution in [1.29, 1.82) is 0 Å². The summed E-state index contributed by atoms with van der Waals surface area (Å²) in [5, 5.41) is 4.58. The Morgan fingerprint density at radius 3 is 2.63 bits per heavy atom. The van der Waals surface area contributed by atoms with Gasteiger partial charge in [0.15, 0.2) is 5.13 Å². The first-order chi connectivity index (χ1) is 14.5. The van der Waals surface area contributed by atoms with Gasteiger partial charge in [0, 0.05) is 23.0 Å². The molecule has 0 atom stereocenters. The third-order valence-corrected chi connectivity index (χ3v) is 8.75. The molecule has 0 spiro atoms. The number of fused-ring (bicyclic) bond motifs is 1. The summed E-state index contributed by atoms with van der Waals surface area (Å²) < 4.78 is 27.7. The van der Waals surface area contributed by atoms with Crippen molar-refractivity contribution in [3.8, 4) is 11.3 Å². The van der Waals surface area contributed by atoms with Crippen LogP contribution in [0, 0.1) is 6.92 Å². The minimum Gasteiger partial charge on any atom is -0.359 e. The second-order valence-electron chi connectivity index (χ2n) is 8.03. The van der Waals surface area contributed by atoms with Crippen molar-refractivity contribution in [3.05, 3.63) is 59.0 Å². The first-order valence-electron chi connectivity index (χ1n) is 10.5. The molecule has 0 bridgehead atoms. The fourth-order valence-corrected chi connectivity index (χ4v) is 6.90. The Morgan fingerprint density at radius 2 is 1.87 bits per heavy atom. The molecule has 2 aromatic carbocycles. The number of hydrogen-bond donors (Lipinski definition) is 1. The van der Waals surface area contributed by atoms with Gasteiger partial charge < -0.3 is 5.32 Å². The maximum absolute atomic E-state index is 13.1.